The Morgan fingerprint density at radius 2 is 1.82 bits per heavy atom. The molecule has 1 atom stereocenters. The molecule has 0 aliphatic heterocycles. The van der Waals surface area contributed by atoms with Crippen LogP contribution in [0.5, 0.6) is 5.75 Å². The van der Waals surface area contributed by atoms with Gasteiger partial charge in [-0.15, -0.1) is 0 Å². The molecule has 2 rings (SSSR count). The lowest BCUT2D eigenvalue weighted by atomic mass is 10.2. The van der Waals surface area contributed by atoms with Crippen LogP contribution in [-0.2, 0) is 0 Å². The average Bonchev–Trinajstić information content (AvgIpc) is 2.52. The maximum absolute atomic E-state index is 10.8. The zero-order valence-corrected chi connectivity index (χ0v) is 13.8. The predicted molar refractivity (Wildman–Crippen MR) is 90.7 cm³/mol. The third kappa shape index (κ3) is 5.07. The highest BCUT2D eigenvalue weighted by molar-refractivity contribution is 9.10. The van der Waals surface area contributed by atoms with Crippen molar-refractivity contribution in [2.24, 2.45) is 5.92 Å². The fraction of sp³-hybridized carbons (Fsp3) is 0.235. The summed E-state index contributed by atoms with van der Waals surface area (Å²) in [5.74, 6) is 0.0712. The number of ether oxygens (including phenoxy) is 1. The molecule has 0 radical (unpaired) electrons. The molecule has 0 saturated heterocycles. The van der Waals surface area contributed by atoms with E-state index in [0.717, 1.165) is 16.7 Å². The lowest BCUT2D eigenvalue weighted by Crippen LogP contribution is -2.18. The van der Waals surface area contributed by atoms with Gasteiger partial charge in [0.2, 0.25) is 0 Å². The number of carboxylic acid groups (broad SMARTS) is 1. The maximum atomic E-state index is 10.8. The van der Waals surface area contributed by atoms with Gasteiger partial charge in [0.15, 0.2) is 0 Å². The third-order valence-electron chi connectivity index (χ3n) is 3.13. The van der Waals surface area contributed by atoms with Gasteiger partial charge in [0.1, 0.15) is 5.75 Å². The van der Waals surface area contributed by atoms with Crippen LogP contribution in [0.4, 0.5) is 5.69 Å². The topological polar surface area (TPSA) is 58.6 Å². The summed E-state index contributed by atoms with van der Waals surface area (Å²) < 4.78 is 6.72. The highest BCUT2D eigenvalue weighted by atomic mass is 79.9. The van der Waals surface area contributed by atoms with Gasteiger partial charge in [-0.25, -0.2) is 4.79 Å². The Morgan fingerprint density at radius 1 is 1.18 bits per heavy atom. The number of hydrogen-bond acceptors (Lipinski definition) is 3. The predicted octanol–water partition coefficient (Wildman–Crippen LogP) is 4.27. The summed E-state index contributed by atoms with van der Waals surface area (Å²) in [7, 11) is 0. The summed E-state index contributed by atoms with van der Waals surface area (Å²) in [4.78, 5) is 10.8. The first-order chi connectivity index (χ1) is 10.5. The standard InChI is InChI=1S/C17H18BrNO3/c1-12(10-19-15-6-4-14(18)5-7-15)11-22-16-8-2-13(3-9-16)17(20)21/h2-9,12,19H,10-11H2,1H3,(H,20,21). The minimum absolute atomic E-state index is 0.261. The van der Waals surface area contributed by atoms with Crippen LogP contribution < -0.4 is 10.1 Å². The highest BCUT2D eigenvalue weighted by Gasteiger charge is 2.05. The first-order valence-corrected chi connectivity index (χ1v) is 7.79. The molecule has 2 aromatic carbocycles. The normalized spacial score (nSPS) is 11.7. The molecule has 0 aliphatic rings. The van der Waals surface area contributed by atoms with Gasteiger partial charge in [0.05, 0.1) is 12.2 Å². The Hall–Kier alpha value is -2.01. The molecule has 0 heterocycles. The number of halogens is 1. The summed E-state index contributed by atoms with van der Waals surface area (Å²) in [5, 5.41) is 12.2. The van der Waals surface area contributed by atoms with Gasteiger partial charge < -0.3 is 15.2 Å². The van der Waals surface area contributed by atoms with Crippen molar-refractivity contribution in [1.29, 1.82) is 0 Å². The van der Waals surface area contributed by atoms with Crippen LogP contribution in [0, 0.1) is 5.92 Å². The molecule has 0 bridgehead atoms. The lowest BCUT2D eigenvalue weighted by molar-refractivity contribution is 0.0697. The Morgan fingerprint density at radius 3 is 2.41 bits per heavy atom. The van der Waals surface area contributed by atoms with Crippen LogP contribution in [0.25, 0.3) is 0 Å². The number of aromatic carboxylic acids is 1. The van der Waals surface area contributed by atoms with Crippen LogP contribution >= 0.6 is 15.9 Å². The molecule has 5 heteroatoms. The quantitative estimate of drug-likeness (QED) is 0.770. The SMILES string of the molecule is CC(CNc1ccc(Br)cc1)COc1ccc(C(=O)O)cc1. The van der Waals surface area contributed by atoms with Crippen molar-refractivity contribution in [3.05, 3.63) is 58.6 Å². The lowest BCUT2D eigenvalue weighted by Gasteiger charge is -2.15. The number of nitrogens with one attached hydrogen (secondary N) is 1. The van der Waals surface area contributed by atoms with Gasteiger partial charge >= 0.3 is 5.97 Å². The van der Waals surface area contributed by atoms with E-state index in [9.17, 15) is 4.79 Å². The molecule has 0 fully saturated rings. The zero-order chi connectivity index (χ0) is 15.9. The van der Waals surface area contributed by atoms with E-state index in [4.69, 9.17) is 9.84 Å². The average molecular weight is 364 g/mol. The molecule has 0 aliphatic carbocycles. The number of benzene rings is 2. The summed E-state index contributed by atoms with van der Waals surface area (Å²) in [6.07, 6.45) is 0. The number of rotatable bonds is 7. The molecule has 0 saturated carbocycles. The van der Waals surface area contributed by atoms with Gasteiger partial charge in [0.25, 0.3) is 0 Å². The van der Waals surface area contributed by atoms with Gasteiger partial charge in [-0.05, 0) is 48.5 Å². The summed E-state index contributed by atoms with van der Waals surface area (Å²) >= 11 is 3.41. The molecule has 116 valence electrons. The Kier molecular flexibility index (Phi) is 5.83. The molecule has 2 aromatic rings. The van der Waals surface area contributed by atoms with Crippen molar-refractivity contribution < 1.29 is 14.6 Å². The van der Waals surface area contributed by atoms with Crippen LogP contribution in [0.2, 0.25) is 0 Å². The van der Waals surface area contributed by atoms with Crippen LogP contribution in [0.1, 0.15) is 17.3 Å². The van der Waals surface area contributed by atoms with Gasteiger partial charge in [-0.2, -0.15) is 0 Å². The number of carbonyl (C=O) groups is 1. The van der Waals surface area contributed by atoms with Crippen LogP contribution in [0.15, 0.2) is 53.0 Å². The fourth-order valence-electron chi connectivity index (χ4n) is 1.85. The Labute approximate surface area is 138 Å². The first-order valence-electron chi connectivity index (χ1n) is 7.00. The van der Waals surface area contributed by atoms with Gasteiger partial charge in [-0.1, -0.05) is 22.9 Å². The maximum Gasteiger partial charge on any atom is 0.335 e. The fourth-order valence-corrected chi connectivity index (χ4v) is 2.12. The van der Waals surface area contributed by atoms with Crippen molar-refractivity contribution >= 4 is 27.6 Å². The van der Waals surface area contributed by atoms with E-state index in [0.29, 0.717) is 18.3 Å². The molecule has 0 spiro atoms. The van der Waals surface area contributed by atoms with Gasteiger partial charge in [-0.3, -0.25) is 0 Å². The molecular weight excluding hydrogens is 346 g/mol. The van der Waals surface area contributed by atoms with E-state index in [-0.39, 0.29) is 5.56 Å². The zero-order valence-electron chi connectivity index (χ0n) is 12.3. The number of carboxylic acids is 1. The van der Waals surface area contributed by atoms with E-state index < -0.39 is 5.97 Å². The van der Waals surface area contributed by atoms with E-state index >= 15 is 0 Å². The molecule has 4 nitrogen and oxygen atoms in total. The molecule has 0 amide bonds. The summed E-state index contributed by atoms with van der Waals surface area (Å²) in [6, 6.07) is 14.5. The van der Waals surface area contributed by atoms with Gasteiger partial charge in [0, 0.05) is 22.6 Å². The van der Waals surface area contributed by atoms with Crippen molar-refractivity contribution in [3.63, 3.8) is 0 Å². The van der Waals surface area contributed by atoms with Crippen molar-refractivity contribution in [3.8, 4) is 5.75 Å². The summed E-state index contributed by atoms with van der Waals surface area (Å²) in [6.45, 7) is 3.46. The Bertz CT molecular complexity index is 611. The van der Waals surface area contributed by atoms with E-state index in [1.807, 2.05) is 24.3 Å². The summed E-state index contributed by atoms with van der Waals surface area (Å²) in [5.41, 5.74) is 1.33. The van der Waals surface area contributed by atoms with E-state index in [2.05, 4.69) is 28.2 Å². The van der Waals surface area contributed by atoms with Crippen molar-refractivity contribution in [2.75, 3.05) is 18.5 Å². The minimum Gasteiger partial charge on any atom is -0.493 e. The minimum atomic E-state index is -0.932. The molecular formula is C17H18BrNO3. The molecule has 0 aromatic heterocycles. The number of hydrogen-bond donors (Lipinski definition) is 2. The van der Waals surface area contributed by atoms with Crippen LogP contribution in [0.3, 0.4) is 0 Å². The number of anilines is 1. The smallest absolute Gasteiger partial charge is 0.335 e. The first kappa shape index (κ1) is 16.4. The van der Waals surface area contributed by atoms with E-state index in [1.165, 1.54) is 0 Å². The molecule has 1 unspecified atom stereocenters. The second-order valence-corrected chi connectivity index (χ2v) is 6.05. The largest absolute Gasteiger partial charge is 0.493 e. The molecule has 2 N–H and O–H groups in total. The second-order valence-electron chi connectivity index (χ2n) is 5.13. The monoisotopic (exact) mass is 363 g/mol. The third-order valence-corrected chi connectivity index (χ3v) is 3.66. The second kappa shape index (κ2) is 7.84. The van der Waals surface area contributed by atoms with E-state index in [1.54, 1.807) is 24.3 Å². The van der Waals surface area contributed by atoms with Crippen molar-refractivity contribution in [1.82, 2.24) is 0 Å². The van der Waals surface area contributed by atoms with Crippen LogP contribution in [-0.4, -0.2) is 24.2 Å². The Balaban J connectivity index is 1.76. The molecule has 22 heavy (non-hydrogen) atoms. The van der Waals surface area contributed by atoms with Crippen molar-refractivity contribution in [2.45, 2.75) is 6.92 Å². The highest BCUT2D eigenvalue weighted by Crippen LogP contribution is 2.16.